The van der Waals surface area contributed by atoms with Gasteiger partial charge in [0, 0.05) is 0 Å². The van der Waals surface area contributed by atoms with Crippen molar-refractivity contribution in [3.63, 3.8) is 0 Å². The van der Waals surface area contributed by atoms with E-state index in [1.54, 1.807) is 0 Å². The lowest BCUT2D eigenvalue weighted by atomic mass is 9.87. The summed E-state index contributed by atoms with van der Waals surface area (Å²) >= 11 is 0. The van der Waals surface area contributed by atoms with E-state index in [0.717, 1.165) is 4.74 Å². The van der Waals surface area contributed by atoms with Gasteiger partial charge in [0.1, 0.15) is 0 Å². The topological polar surface area (TPSA) is 27.7 Å². The van der Waals surface area contributed by atoms with Gasteiger partial charge >= 0.3 is 132 Å². The van der Waals surface area contributed by atoms with Crippen LogP contribution in [0.25, 0.3) is 0 Å². The molecule has 0 radical (unpaired) electrons. The van der Waals surface area contributed by atoms with Crippen molar-refractivity contribution in [3.8, 4) is 0 Å². The third-order valence-corrected chi connectivity index (χ3v) is 8.38. The maximum absolute atomic E-state index is 15.0. The second-order valence-corrected chi connectivity index (χ2v) is 13.7. The Morgan fingerprint density at radius 2 is 0.342 bits per heavy atom. The van der Waals surface area contributed by atoms with Crippen LogP contribution in [-0.2, 0) is 14.2 Å². The van der Waals surface area contributed by atoms with E-state index in [4.69, 9.17) is 0 Å². The molecule has 0 aliphatic heterocycles. The molecule has 0 saturated heterocycles. The maximum Gasteiger partial charge on any atom is 0.462 e. The van der Waals surface area contributed by atoms with Crippen molar-refractivity contribution in [1.29, 1.82) is 0 Å². The SMILES string of the molecule is FC(OC(F)=C(C(F)(F)C(F)(F)OC(F)(F)C(F)(F)C(F)(F)F)C(F)(F)C(F)(F)C(F)(F)C(F)(F)C(F)(F)C(F)(F)F)=C(C(F)(F)C(F)(F)OC(F)(F)C(F)(F)C(F)(F)F)C(F)(F)C(F)(F)C(F)(F)C(F)(F)C(F)(F)C(F)(F)F. The Balaban J connectivity index is 10.1. The van der Waals surface area contributed by atoms with Crippen LogP contribution in [-0.4, -0.2) is 132 Å². The van der Waals surface area contributed by atoms with Gasteiger partial charge in [-0.2, -0.15) is 220 Å². The largest absolute Gasteiger partial charge is 0.462 e. The van der Waals surface area contributed by atoms with E-state index in [-0.39, 0.29) is 0 Å². The van der Waals surface area contributed by atoms with Crippen LogP contribution in [0, 0.1) is 0 Å². The fourth-order valence-corrected chi connectivity index (χ4v) is 4.12. The molecule has 0 saturated carbocycles. The number of hydrogen-bond acceptors (Lipinski definition) is 3. The van der Waals surface area contributed by atoms with E-state index >= 15 is 8.78 Å². The number of alkyl halides is 48. The monoisotopic (exact) mass is 1310 g/mol. The van der Waals surface area contributed by atoms with Crippen LogP contribution in [0.4, 0.5) is 220 Å². The van der Waals surface area contributed by atoms with Crippen LogP contribution < -0.4 is 0 Å². The van der Waals surface area contributed by atoms with Gasteiger partial charge in [0.2, 0.25) is 0 Å². The molecule has 0 spiro atoms. The molecular weight excluding hydrogens is 1310 g/mol. The standard InChI is InChI=1S/C26F50O3/c27-3(1(7(33,34)23(69,70)78-25(73,74)17(53,54)21(63,64)65)5(29,30)9(37,38)11(41,42)13(45,46)15(49,50)19(57,58)59)77-4(28)2(8(35,36)24(71,72)79-26(75,76)18(55,56)22(66,67)68)6(31,32)10(39,40)12(43,44)14(47,48)16(51,52)20(60,61)62. The van der Waals surface area contributed by atoms with E-state index in [1.807, 2.05) is 0 Å². The normalized spacial score (nSPS) is 17.5. The highest BCUT2D eigenvalue weighted by Crippen LogP contribution is 2.67. The van der Waals surface area contributed by atoms with Gasteiger partial charge in [-0.3, -0.25) is 0 Å². The molecule has 0 fully saturated rings. The smallest absolute Gasteiger partial charge is 0.403 e. The third kappa shape index (κ3) is 10.8. The number of hydrogen-bond donors (Lipinski definition) is 0. The molecule has 0 bridgehead atoms. The molecule has 0 aliphatic carbocycles. The lowest BCUT2D eigenvalue weighted by Crippen LogP contribution is -2.71. The number of halogens is 50. The summed E-state index contributed by atoms with van der Waals surface area (Å²) in [6.45, 7) is 0. The molecule has 0 aromatic rings. The van der Waals surface area contributed by atoms with Crippen LogP contribution in [0.5, 0.6) is 0 Å². The zero-order valence-electron chi connectivity index (χ0n) is 33.1. The summed E-state index contributed by atoms with van der Waals surface area (Å²) in [6, 6.07) is -14.4. The van der Waals surface area contributed by atoms with Crippen molar-refractivity contribution in [2.24, 2.45) is 0 Å². The molecule has 3 nitrogen and oxygen atoms in total. The van der Waals surface area contributed by atoms with E-state index in [2.05, 4.69) is 0 Å². The predicted molar refractivity (Wildman–Crippen MR) is 133 cm³/mol. The van der Waals surface area contributed by atoms with E-state index in [0.29, 0.717) is 9.47 Å². The van der Waals surface area contributed by atoms with E-state index in [1.165, 1.54) is 0 Å². The highest BCUT2D eigenvalue weighted by atomic mass is 19.5. The van der Waals surface area contributed by atoms with Crippen molar-refractivity contribution < 1.29 is 234 Å². The summed E-state index contributed by atoms with van der Waals surface area (Å²) < 4.78 is 686. The Morgan fingerprint density at radius 3 is 0.506 bits per heavy atom. The van der Waals surface area contributed by atoms with Crippen LogP contribution in [0.15, 0.2) is 23.2 Å². The molecule has 0 aromatic heterocycles. The van der Waals surface area contributed by atoms with Crippen molar-refractivity contribution in [2.45, 2.75) is 132 Å². The third-order valence-electron chi connectivity index (χ3n) is 8.38. The van der Waals surface area contributed by atoms with Crippen molar-refractivity contribution in [3.05, 3.63) is 23.2 Å². The molecule has 0 aliphatic rings. The quantitative estimate of drug-likeness (QED) is 0.0799. The molecule has 0 amide bonds. The first-order chi connectivity index (χ1) is 33.2. The van der Waals surface area contributed by atoms with Crippen LogP contribution >= 0.6 is 0 Å². The number of rotatable bonds is 22. The fraction of sp³-hybridized carbons (Fsp3) is 0.846. The Labute approximate surface area is 390 Å². The summed E-state index contributed by atoms with van der Waals surface area (Å²) in [7, 11) is 0. The predicted octanol–water partition coefficient (Wildman–Crippen LogP) is 16.9. The average Bonchev–Trinajstić information content (AvgIpc) is 3.13. The molecule has 79 heavy (non-hydrogen) atoms. The molecule has 472 valence electrons. The molecule has 0 rings (SSSR count). The second kappa shape index (κ2) is 19.1. The lowest BCUT2D eigenvalue weighted by Gasteiger charge is -2.42. The van der Waals surface area contributed by atoms with E-state index in [9.17, 15) is 211 Å². The summed E-state index contributed by atoms with van der Waals surface area (Å²) in [5.41, 5.74) is -15.4. The van der Waals surface area contributed by atoms with Crippen molar-refractivity contribution in [2.75, 3.05) is 0 Å². The lowest BCUT2D eigenvalue weighted by molar-refractivity contribution is -0.495. The molecule has 0 unspecified atom stereocenters. The van der Waals surface area contributed by atoms with Gasteiger partial charge in [-0.25, -0.2) is 9.47 Å². The summed E-state index contributed by atoms with van der Waals surface area (Å²) in [5, 5.41) is 0. The zero-order valence-corrected chi connectivity index (χ0v) is 33.1. The van der Waals surface area contributed by atoms with Gasteiger partial charge in [-0.1, -0.05) is 0 Å². The first kappa shape index (κ1) is 74.7. The maximum atomic E-state index is 15.0. The molecule has 53 heteroatoms. The average molecular weight is 1310 g/mol. The summed E-state index contributed by atoms with van der Waals surface area (Å²) in [5.74, 6) is -139. The zero-order chi connectivity index (χ0) is 65.4. The Kier molecular flexibility index (Phi) is 18.1. The van der Waals surface area contributed by atoms with E-state index < -0.39 is 155 Å². The molecule has 0 atom stereocenters. The first-order valence-electron chi connectivity index (χ1n) is 16.2. The van der Waals surface area contributed by atoms with Crippen LogP contribution in [0.3, 0.4) is 0 Å². The highest BCUT2D eigenvalue weighted by Gasteiger charge is 2.95. The highest BCUT2D eigenvalue weighted by molar-refractivity contribution is 5.35. The van der Waals surface area contributed by atoms with Crippen LogP contribution in [0.1, 0.15) is 0 Å². The first-order valence-corrected chi connectivity index (χ1v) is 16.2. The van der Waals surface area contributed by atoms with Gasteiger partial charge in [-0.15, -0.1) is 0 Å². The number of ether oxygens (including phenoxy) is 3. The van der Waals surface area contributed by atoms with Gasteiger partial charge < -0.3 is 4.74 Å². The van der Waals surface area contributed by atoms with Gasteiger partial charge in [0.15, 0.2) is 11.1 Å². The van der Waals surface area contributed by atoms with Crippen molar-refractivity contribution >= 4 is 0 Å². The molecule has 0 heterocycles. The van der Waals surface area contributed by atoms with Gasteiger partial charge in [0.05, 0.1) is 0 Å². The molecular formula is C26F50O3. The van der Waals surface area contributed by atoms with Crippen molar-refractivity contribution in [1.82, 2.24) is 0 Å². The molecule has 0 aromatic carbocycles. The summed E-state index contributed by atoms with van der Waals surface area (Å²) in [4.78, 5) is 0. The van der Waals surface area contributed by atoms with Gasteiger partial charge in [0.25, 0.3) is 12.0 Å². The second-order valence-electron chi connectivity index (χ2n) is 13.7. The minimum absolute atomic E-state index is 0.547. The van der Waals surface area contributed by atoms with Gasteiger partial charge in [-0.05, 0) is 0 Å². The van der Waals surface area contributed by atoms with Crippen LogP contribution in [0.2, 0.25) is 0 Å². The Morgan fingerprint density at radius 1 is 0.177 bits per heavy atom. The summed E-state index contributed by atoms with van der Waals surface area (Å²) in [6.07, 6.45) is -72.5. The minimum Gasteiger partial charge on any atom is -0.403 e. The fourth-order valence-electron chi connectivity index (χ4n) is 4.12. The minimum atomic E-state index is -10.5. The Bertz CT molecular complexity index is 2100. The Hall–Kier alpha value is -4.30. The molecule has 0 N–H and O–H groups in total.